The number of halogens is 1. The Balaban J connectivity index is 1.70. The zero-order chi connectivity index (χ0) is 22.8. The first-order valence-corrected chi connectivity index (χ1v) is 12.3. The molecule has 4 nitrogen and oxygen atoms in total. The average molecular weight is 517 g/mol. The van der Waals surface area contributed by atoms with Crippen LogP contribution in [0.1, 0.15) is 12.5 Å². The molecule has 0 aliphatic heterocycles. The maximum absolute atomic E-state index is 6.36. The quantitative estimate of drug-likeness (QED) is 0.238. The summed E-state index contributed by atoms with van der Waals surface area (Å²) in [5.74, 6) is 0.705. The van der Waals surface area contributed by atoms with Crippen LogP contribution >= 0.6 is 27.3 Å². The molecule has 0 atom stereocenters. The zero-order valence-electron chi connectivity index (χ0n) is 18.2. The summed E-state index contributed by atoms with van der Waals surface area (Å²) in [4.78, 5) is 9.76. The molecule has 33 heavy (non-hydrogen) atoms. The van der Waals surface area contributed by atoms with Crippen LogP contribution in [0.3, 0.4) is 0 Å². The molecule has 0 aliphatic rings. The molecule has 0 fully saturated rings. The summed E-state index contributed by atoms with van der Waals surface area (Å²) in [5, 5.41) is 3.86. The van der Waals surface area contributed by atoms with Gasteiger partial charge in [-0.3, -0.25) is 0 Å². The first-order valence-electron chi connectivity index (χ1n) is 10.6. The third-order valence-electron chi connectivity index (χ3n) is 5.18. The second-order valence-corrected chi connectivity index (χ2v) is 9.34. The molecular formula is C27H21BrN2O2S. The van der Waals surface area contributed by atoms with Crippen molar-refractivity contribution in [3.63, 3.8) is 0 Å². The first kappa shape index (κ1) is 21.6. The van der Waals surface area contributed by atoms with Crippen molar-refractivity contribution >= 4 is 43.9 Å². The Morgan fingerprint density at radius 2 is 1.82 bits per heavy atom. The van der Waals surface area contributed by atoms with Crippen molar-refractivity contribution in [1.82, 2.24) is 4.98 Å². The number of para-hydroxylation sites is 1. The summed E-state index contributed by atoms with van der Waals surface area (Å²) in [5.41, 5.74) is 6.03. The van der Waals surface area contributed by atoms with Gasteiger partial charge in [0.1, 0.15) is 5.01 Å². The number of hydrogen-bond donors (Lipinski definition) is 0. The van der Waals surface area contributed by atoms with E-state index in [0.717, 1.165) is 37.4 Å². The molecule has 0 aliphatic carbocycles. The SMILES string of the molecule is CCOc1cccc2cc(-c3nc(-c4ccc(Br)cc4)cs3)c(=Nc3ccc(C)cc3)oc12. The van der Waals surface area contributed by atoms with Gasteiger partial charge in [0, 0.05) is 20.8 Å². The van der Waals surface area contributed by atoms with Crippen molar-refractivity contribution in [1.29, 1.82) is 0 Å². The molecule has 2 aromatic heterocycles. The second kappa shape index (κ2) is 9.33. The Hall–Kier alpha value is -3.22. The molecule has 0 amide bonds. The van der Waals surface area contributed by atoms with E-state index in [1.165, 1.54) is 5.56 Å². The van der Waals surface area contributed by atoms with Crippen LogP contribution < -0.4 is 10.3 Å². The van der Waals surface area contributed by atoms with E-state index in [-0.39, 0.29) is 0 Å². The number of nitrogens with zero attached hydrogens (tertiary/aromatic N) is 2. The normalized spacial score (nSPS) is 11.8. The van der Waals surface area contributed by atoms with Gasteiger partial charge in [-0.1, -0.05) is 57.9 Å². The summed E-state index contributed by atoms with van der Waals surface area (Å²) < 4.78 is 13.2. The first-order chi connectivity index (χ1) is 16.1. The van der Waals surface area contributed by atoms with Crippen LogP contribution in [0.25, 0.3) is 32.8 Å². The molecule has 3 aromatic carbocycles. The van der Waals surface area contributed by atoms with E-state index in [2.05, 4.69) is 46.4 Å². The maximum atomic E-state index is 6.36. The molecule has 5 rings (SSSR count). The van der Waals surface area contributed by atoms with E-state index in [4.69, 9.17) is 19.1 Å². The Kier molecular flexibility index (Phi) is 6.11. The van der Waals surface area contributed by atoms with Crippen molar-refractivity contribution in [3.05, 3.63) is 93.8 Å². The van der Waals surface area contributed by atoms with Crippen LogP contribution in [-0.2, 0) is 0 Å². The third-order valence-corrected chi connectivity index (χ3v) is 6.58. The summed E-state index contributed by atoms with van der Waals surface area (Å²) in [6, 6.07) is 24.2. The number of rotatable bonds is 5. The van der Waals surface area contributed by atoms with E-state index < -0.39 is 0 Å². The summed E-state index contributed by atoms with van der Waals surface area (Å²) in [6.07, 6.45) is 0. The van der Waals surface area contributed by atoms with Crippen LogP contribution in [0.5, 0.6) is 5.75 Å². The summed E-state index contributed by atoms with van der Waals surface area (Å²) in [7, 11) is 0. The molecule has 5 aromatic rings. The Morgan fingerprint density at radius 1 is 1.03 bits per heavy atom. The Labute approximate surface area is 204 Å². The highest BCUT2D eigenvalue weighted by Crippen LogP contribution is 2.32. The highest BCUT2D eigenvalue weighted by molar-refractivity contribution is 9.10. The van der Waals surface area contributed by atoms with Gasteiger partial charge in [-0.15, -0.1) is 11.3 Å². The fourth-order valence-corrected chi connectivity index (χ4v) is 4.62. The fraction of sp³-hybridized carbons (Fsp3) is 0.111. The molecule has 6 heteroatoms. The highest BCUT2D eigenvalue weighted by atomic mass is 79.9. The van der Waals surface area contributed by atoms with Gasteiger partial charge < -0.3 is 9.15 Å². The lowest BCUT2D eigenvalue weighted by atomic mass is 10.1. The van der Waals surface area contributed by atoms with Gasteiger partial charge in [0.25, 0.3) is 0 Å². The molecule has 0 saturated carbocycles. The smallest absolute Gasteiger partial charge is 0.230 e. The molecule has 0 saturated heterocycles. The number of aryl methyl sites for hydroxylation is 1. The molecule has 0 spiro atoms. The van der Waals surface area contributed by atoms with Crippen LogP contribution in [-0.4, -0.2) is 11.6 Å². The van der Waals surface area contributed by atoms with Gasteiger partial charge in [-0.2, -0.15) is 0 Å². The fourth-order valence-electron chi connectivity index (χ4n) is 3.52. The van der Waals surface area contributed by atoms with Gasteiger partial charge in [-0.25, -0.2) is 9.98 Å². The van der Waals surface area contributed by atoms with Gasteiger partial charge in [0.05, 0.1) is 23.6 Å². The van der Waals surface area contributed by atoms with Crippen molar-refractivity contribution in [2.75, 3.05) is 6.61 Å². The van der Waals surface area contributed by atoms with E-state index >= 15 is 0 Å². The number of hydrogen-bond acceptors (Lipinski definition) is 5. The van der Waals surface area contributed by atoms with Gasteiger partial charge >= 0.3 is 0 Å². The van der Waals surface area contributed by atoms with E-state index in [1.54, 1.807) is 11.3 Å². The number of aromatic nitrogens is 1. The standard InChI is InChI=1S/C27H21BrN2O2S/c1-3-31-24-6-4-5-19-15-22(26(32-25(19)24)29-21-13-7-17(2)8-14-21)27-30-23(16-33-27)18-9-11-20(28)12-10-18/h4-16H,3H2,1-2H3. The van der Waals surface area contributed by atoms with Crippen molar-refractivity contribution in [2.45, 2.75) is 13.8 Å². The molecule has 2 heterocycles. The minimum absolute atomic E-state index is 0.509. The highest BCUT2D eigenvalue weighted by Gasteiger charge is 2.14. The average Bonchev–Trinajstić information content (AvgIpc) is 3.31. The van der Waals surface area contributed by atoms with Crippen LogP contribution in [0, 0.1) is 6.92 Å². The molecule has 0 unspecified atom stereocenters. The zero-order valence-corrected chi connectivity index (χ0v) is 20.6. The van der Waals surface area contributed by atoms with E-state index in [9.17, 15) is 0 Å². The minimum atomic E-state index is 0.509. The summed E-state index contributed by atoms with van der Waals surface area (Å²) in [6.45, 7) is 4.58. The molecule has 164 valence electrons. The van der Waals surface area contributed by atoms with Gasteiger partial charge in [0.15, 0.2) is 11.3 Å². The number of ether oxygens (including phenoxy) is 1. The lowest BCUT2D eigenvalue weighted by Crippen LogP contribution is -2.06. The number of fused-ring (bicyclic) bond motifs is 1. The van der Waals surface area contributed by atoms with Gasteiger partial charge in [-0.05, 0) is 50.2 Å². The lowest BCUT2D eigenvalue weighted by Gasteiger charge is -2.08. The largest absolute Gasteiger partial charge is 0.490 e. The minimum Gasteiger partial charge on any atom is -0.490 e. The molecule has 0 bridgehead atoms. The third kappa shape index (κ3) is 4.63. The number of benzene rings is 3. The van der Waals surface area contributed by atoms with Crippen molar-refractivity contribution < 1.29 is 9.15 Å². The predicted octanol–water partition coefficient (Wildman–Crippen LogP) is 7.93. The van der Waals surface area contributed by atoms with Crippen LogP contribution in [0.15, 0.2) is 92.1 Å². The van der Waals surface area contributed by atoms with Crippen LogP contribution in [0.4, 0.5) is 5.69 Å². The number of thiazole rings is 1. The lowest BCUT2D eigenvalue weighted by molar-refractivity contribution is 0.337. The predicted molar refractivity (Wildman–Crippen MR) is 138 cm³/mol. The maximum Gasteiger partial charge on any atom is 0.230 e. The monoisotopic (exact) mass is 516 g/mol. The second-order valence-electron chi connectivity index (χ2n) is 7.56. The molecular weight excluding hydrogens is 496 g/mol. The van der Waals surface area contributed by atoms with Crippen LogP contribution in [0.2, 0.25) is 0 Å². The van der Waals surface area contributed by atoms with E-state index in [0.29, 0.717) is 23.5 Å². The Morgan fingerprint density at radius 3 is 2.58 bits per heavy atom. The van der Waals surface area contributed by atoms with E-state index in [1.807, 2.05) is 61.5 Å². The van der Waals surface area contributed by atoms with Crippen molar-refractivity contribution in [2.24, 2.45) is 4.99 Å². The molecule has 0 radical (unpaired) electrons. The van der Waals surface area contributed by atoms with Gasteiger partial charge in [0.2, 0.25) is 5.55 Å². The topological polar surface area (TPSA) is 47.6 Å². The molecule has 0 N–H and O–H groups in total. The summed E-state index contributed by atoms with van der Waals surface area (Å²) >= 11 is 5.07. The van der Waals surface area contributed by atoms with Crippen molar-refractivity contribution in [3.8, 4) is 27.6 Å². The Bertz CT molecular complexity index is 1490.